The lowest BCUT2D eigenvalue weighted by Gasteiger charge is -2.16. The molecule has 136 valence electrons. The largest absolute Gasteiger partial charge is 0.478 e. The van der Waals surface area contributed by atoms with Gasteiger partial charge in [0, 0.05) is 7.11 Å². The summed E-state index contributed by atoms with van der Waals surface area (Å²) in [6.07, 6.45) is -0.338. The smallest absolute Gasteiger partial charge is 0.337 e. The predicted molar refractivity (Wildman–Crippen MR) is 107 cm³/mol. The number of carbonyl (C=O) groups is 2. The van der Waals surface area contributed by atoms with Crippen molar-refractivity contribution in [3.05, 3.63) is 70.8 Å². The molecule has 0 aliphatic rings. The number of carbonyl (C=O) groups excluding carboxylic acids is 1. The van der Waals surface area contributed by atoms with E-state index in [-0.39, 0.29) is 35.6 Å². The molecule has 0 saturated carbocycles. The summed E-state index contributed by atoms with van der Waals surface area (Å²) in [5.74, 6) is -1.37. The van der Waals surface area contributed by atoms with Gasteiger partial charge in [-0.05, 0) is 35.4 Å². The molecule has 0 saturated heterocycles. The van der Waals surface area contributed by atoms with E-state index in [0.29, 0.717) is 5.56 Å². The average molecular weight is 458 g/mol. The number of benzene rings is 2. The van der Waals surface area contributed by atoms with Crippen molar-refractivity contribution in [1.29, 1.82) is 0 Å². The third-order valence-electron chi connectivity index (χ3n) is 3.33. The SMILES string of the molecule is CC.COC(=O)c1ccc(C(OC)c2ccc(C(=O)O)cc2)cc1.I. The first-order valence-electron chi connectivity index (χ1n) is 7.61. The van der Waals surface area contributed by atoms with Crippen LogP contribution in [-0.2, 0) is 9.47 Å². The van der Waals surface area contributed by atoms with Crippen LogP contribution in [0.4, 0.5) is 0 Å². The highest BCUT2D eigenvalue weighted by Crippen LogP contribution is 2.26. The molecule has 0 aliphatic heterocycles. The molecule has 0 aliphatic carbocycles. The number of ether oxygens (including phenoxy) is 2. The molecule has 2 rings (SSSR count). The van der Waals surface area contributed by atoms with E-state index in [4.69, 9.17) is 9.84 Å². The molecular weight excluding hydrogens is 435 g/mol. The summed E-state index contributed by atoms with van der Waals surface area (Å²) >= 11 is 0. The molecule has 0 bridgehead atoms. The van der Waals surface area contributed by atoms with E-state index in [9.17, 15) is 9.59 Å². The molecular formula is C19H23IO5. The van der Waals surface area contributed by atoms with E-state index in [0.717, 1.165) is 11.1 Å². The summed E-state index contributed by atoms with van der Waals surface area (Å²) < 4.78 is 10.1. The van der Waals surface area contributed by atoms with Gasteiger partial charge in [-0.25, -0.2) is 9.59 Å². The Bertz CT molecular complexity index is 665. The molecule has 1 atom stereocenters. The Morgan fingerprint density at radius 1 is 0.840 bits per heavy atom. The highest BCUT2D eigenvalue weighted by atomic mass is 127. The summed E-state index contributed by atoms with van der Waals surface area (Å²) in [4.78, 5) is 22.3. The number of esters is 1. The Morgan fingerprint density at radius 2 is 1.24 bits per heavy atom. The van der Waals surface area contributed by atoms with Crippen molar-refractivity contribution in [2.45, 2.75) is 20.0 Å². The van der Waals surface area contributed by atoms with E-state index < -0.39 is 11.9 Å². The van der Waals surface area contributed by atoms with Gasteiger partial charge in [0.15, 0.2) is 0 Å². The Labute approximate surface area is 165 Å². The first-order chi connectivity index (χ1) is 11.6. The second-order valence-electron chi connectivity index (χ2n) is 4.66. The summed E-state index contributed by atoms with van der Waals surface area (Å²) in [6, 6.07) is 13.4. The van der Waals surface area contributed by atoms with Gasteiger partial charge in [0.05, 0.1) is 18.2 Å². The topological polar surface area (TPSA) is 72.8 Å². The minimum absolute atomic E-state index is 0. The Hall–Kier alpha value is -1.93. The van der Waals surface area contributed by atoms with E-state index in [1.54, 1.807) is 43.5 Å². The second-order valence-corrected chi connectivity index (χ2v) is 4.66. The molecule has 25 heavy (non-hydrogen) atoms. The van der Waals surface area contributed by atoms with Gasteiger partial charge >= 0.3 is 11.9 Å². The van der Waals surface area contributed by atoms with Crippen molar-refractivity contribution in [3.8, 4) is 0 Å². The second kappa shape index (κ2) is 11.6. The Kier molecular flexibility index (Phi) is 10.7. The van der Waals surface area contributed by atoms with E-state index in [1.165, 1.54) is 19.2 Å². The van der Waals surface area contributed by atoms with Gasteiger partial charge in [-0.15, -0.1) is 24.0 Å². The first kappa shape index (κ1) is 23.1. The number of rotatable bonds is 5. The predicted octanol–water partition coefficient (Wildman–Crippen LogP) is 4.55. The number of halogens is 1. The van der Waals surface area contributed by atoms with Crippen LogP contribution < -0.4 is 0 Å². The van der Waals surface area contributed by atoms with Crippen LogP contribution in [-0.4, -0.2) is 31.3 Å². The molecule has 0 heterocycles. The zero-order chi connectivity index (χ0) is 18.1. The number of carboxylic acid groups (broad SMARTS) is 1. The molecule has 0 aromatic heterocycles. The number of carboxylic acids is 1. The molecule has 5 nitrogen and oxygen atoms in total. The van der Waals surface area contributed by atoms with Crippen LogP contribution in [0.15, 0.2) is 48.5 Å². The van der Waals surface area contributed by atoms with E-state index >= 15 is 0 Å². The molecule has 0 radical (unpaired) electrons. The van der Waals surface area contributed by atoms with Crippen LogP contribution in [0.25, 0.3) is 0 Å². The van der Waals surface area contributed by atoms with Crippen molar-refractivity contribution >= 4 is 35.9 Å². The fourth-order valence-corrected chi connectivity index (χ4v) is 2.18. The highest BCUT2D eigenvalue weighted by Gasteiger charge is 2.15. The van der Waals surface area contributed by atoms with Crippen LogP contribution in [0.5, 0.6) is 0 Å². The normalized spacial score (nSPS) is 10.6. The molecule has 0 amide bonds. The number of aromatic carboxylic acids is 1. The Balaban J connectivity index is 0.00000185. The maximum atomic E-state index is 11.4. The average Bonchev–Trinajstić information content (AvgIpc) is 2.64. The molecule has 0 fully saturated rings. The summed E-state index contributed by atoms with van der Waals surface area (Å²) in [5, 5.41) is 8.92. The zero-order valence-corrected chi connectivity index (χ0v) is 17.0. The van der Waals surface area contributed by atoms with Crippen LogP contribution in [0.2, 0.25) is 0 Å². The van der Waals surface area contributed by atoms with Crippen LogP contribution in [0.1, 0.15) is 51.8 Å². The molecule has 1 unspecified atom stereocenters. The third kappa shape index (κ3) is 6.13. The third-order valence-corrected chi connectivity index (χ3v) is 3.33. The molecule has 2 aromatic carbocycles. The van der Waals surface area contributed by atoms with Gasteiger partial charge in [0.2, 0.25) is 0 Å². The Morgan fingerprint density at radius 3 is 1.56 bits per heavy atom. The van der Waals surface area contributed by atoms with Crippen molar-refractivity contribution in [1.82, 2.24) is 0 Å². The quantitative estimate of drug-likeness (QED) is 0.526. The van der Waals surface area contributed by atoms with Crippen molar-refractivity contribution in [2.24, 2.45) is 0 Å². The van der Waals surface area contributed by atoms with E-state index in [2.05, 4.69) is 4.74 Å². The molecule has 2 aromatic rings. The lowest BCUT2D eigenvalue weighted by atomic mass is 9.99. The minimum Gasteiger partial charge on any atom is -0.478 e. The van der Waals surface area contributed by atoms with Crippen LogP contribution in [0, 0.1) is 0 Å². The highest BCUT2D eigenvalue weighted by molar-refractivity contribution is 14.0. The van der Waals surface area contributed by atoms with Gasteiger partial charge in [0.1, 0.15) is 6.10 Å². The van der Waals surface area contributed by atoms with Gasteiger partial charge < -0.3 is 14.6 Å². The van der Waals surface area contributed by atoms with Gasteiger partial charge in [0.25, 0.3) is 0 Å². The van der Waals surface area contributed by atoms with Gasteiger partial charge in [-0.2, -0.15) is 0 Å². The zero-order valence-electron chi connectivity index (χ0n) is 14.7. The van der Waals surface area contributed by atoms with E-state index in [1.807, 2.05) is 13.8 Å². The summed E-state index contributed by atoms with van der Waals surface area (Å²) in [5.41, 5.74) is 2.37. The fourth-order valence-electron chi connectivity index (χ4n) is 2.18. The fraction of sp³-hybridized carbons (Fsp3) is 0.263. The van der Waals surface area contributed by atoms with Crippen molar-refractivity contribution < 1.29 is 24.2 Å². The lowest BCUT2D eigenvalue weighted by Crippen LogP contribution is -2.06. The maximum Gasteiger partial charge on any atom is 0.337 e. The summed E-state index contributed by atoms with van der Waals surface area (Å²) in [7, 11) is 2.90. The molecule has 6 heteroatoms. The van der Waals surface area contributed by atoms with Gasteiger partial charge in [-0.1, -0.05) is 38.1 Å². The number of methoxy groups -OCH3 is 2. The van der Waals surface area contributed by atoms with Crippen LogP contribution in [0.3, 0.4) is 0 Å². The maximum absolute atomic E-state index is 11.4. The first-order valence-corrected chi connectivity index (χ1v) is 7.61. The van der Waals surface area contributed by atoms with Gasteiger partial charge in [-0.3, -0.25) is 0 Å². The number of hydrogen-bond acceptors (Lipinski definition) is 4. The molecule has 1 N–H and O–H groups in total. The minimum atomic E-state index is -0.969. The molecule has 0 spiro atoms. The lowest BCUT2D eigenvalue weighted by molar-refractivity contribution is 0.0599. The monoisotopic (exact) mass is 458 g/mol. The van der Waals surface area contributed by atoms with Crippen molar-refractivity contribution in [2.75, 3.05) is 14.2 Å². The standard InChI is InChI=1S/C17H16O5.C2H6.HI/c1-21-15(11-3-7-13(8-4-11)16(18)19)12-5-9-14(10-6-12)17(20)22-2;1-2;/h3-10,15H,1-2H3,(H,18,19);1-2H3;1H. The number of hydrogen-bond donors (Lipinski definition) is 1. The summed E-state index contributed by atoms with van der Waals surface area (Å²) in [6.45, 7) is 4.00. The van der Waals surface area contributed by atoms with Crippen molar-refractivity contribution in [3.63, 3.8) is 0 Å². The van der Waals surface area contributed by atoms with Crippen LogP contribution >= 0.6 is 24.0 Å².